The van der Waals surface area contributed by atoms with Crippen LogP contribution in [0.3, 0.4) is 0 Å². The second-order valence-corrected chi connectivity index (χ2v) is 17.7. The minimum atomic E-state index is -2.02. The fourth-order valence-corrected chi connectivity index (χ4v) is 9.73. The molecule has 3 unspecified atom stereocenters. The van der Waals surface area contributed by atoms with Gasteiger partial charge in [-0.15, -0.1) is 0 Å². The number of hydroxylamine groups is 1. The van der Waals surface area contributed by atoms with Crippen LogP contribution < -0.4 is 10.2 Å². The topological polar surface area (TPSA) is 178 Å². The highest BCUT2D eigenvalue weighted by Gasteiger charge is 2.77. The maximum atomic E-state index is 15.2. The van der Waals surface area contributed by atoms with Crippen LogP contribution in [0, 0.1) is 23.7 Å². The van der Waals surface area contributed by atoms with Crippen LogP contribution in [0.2, 0.25) is 5.02 Å². The molecule has 4 aliphatic rings. The number of carbonyl (C=O) groups excluding carboxylic acids is 5. The van der Waals surface area contributed by atoms with Crippen molar-refractivity contribution in [3.63, 3.8) is 0 Å². The maximum absolute atomic E-state index is 15.2. The highest BCUT2D eigenvalue weighted by Crippen LogP contribution is 2.59. The summed E-state index contributed by atoms with van der Waals surface area (Å²) in [6.07, 6.45) is -4.17. The van der Waals surface area contributed by atoms with E-state index in [0.29, 0.717) is 18.4 Å². The van der Waals surface area contributed by atoms with Gasteiger partial charge in [0.05, 0.1) is 22.7 Å². The summed E-state index contributed by atoms with van der Waals surface area (Å²) in [5.41, 5.74) is -5.29. The molecule has 0 bridgehead atoms. The second-order valence-electron chi connectivity index (χ2n) is 17.3. The number of fused-ring (bicyclic) bond motifs is 4. The van der Waals surface area contributed by atoms with Gasteiger partial charge >= 0.3 is 18.1 Å². The van der Waals surface area contributed by atoms with Crippen LogP contribution >= 0.6 is 11.6 Å². The van der Waals surface area contributed by atoms with Crippen molar-refractivity contribution in [2.45, 2.75) is 135 Å². The molecule has 1 aromatic carbocycles. The molecule has 1 aromatic rings. The summed E-state index contributed by atoms with van der Waals surface area (Å²) in [5, 5.41) is 28.2. The summed E-state index contributed by atoms with van der Waals surface area (Å²) in [5.74, 6) is -3.81. The summed E-state index contributed by atoms with van der Waals surface area (Å²) in [6.45, 7) is 16.1. The van der Waals surface area contributed by atoms with E-state index in [1.54, 1.807) is 86.6 Å². The zero-order valence-electron chi connectivity index (χ0n) is 32.8. The Morgan fingerprint density at radius 2 is 1.78 bits per heavy atom. The number of carboxylic acid groups (broad SMARTS) is 1. The standard InChI is InChI=1S/C39H53ClN2O12/c1-20-17-26-24(21(2)19-43)16-15-22(3)39(26,49)31(30(20)50-23(4)44)51-32(45)28-18-38(53-35(48)52-37(8,9)10)25-13-12-14-27(40)29(25)41(11)54-33(38)42(28,34(46)47)36(5,6)7/h12-14,17,19,21-22,24,26,28,30-31,33,49H,15-16,18H2,1-11H3/t21?,22-,24-,26+,28-,30?,31-,33+,38+,39+,42?/m0/s1. The van der Waals surface area contributed by atoms with Gasteiger partial charge in [0.15, 0.2) is 12.2 Å². The van der Waals surface area contributed by atoms with Gasteiger partial charge in [0.25, 0.3) is 12.3 Å². The number of amides is 1. The molecule has 1 saturated carbocycles. The number of aldehydes is 1. The number of para-hydroxylation sites is 1. The van der Waals surface area contributed by atoms with E-state index in [2.05, 4.69) is 0 Å². The molecule has 5 rings (SSSR count). The average Bonchev–Trinajstić information content (AvgIpc) is 3.35. The van der Waals surface area contributed by atoms with Crippen molar-refractivity contribution < 1.29 is 62.5 Å². The van der Waals surface area contributed by atoms with Crippen molar-refractivity contribution in [2.24, 2.45) is 23.7 Å². The Kier molecular flexibility index (Phi) is 10.8. The van der Waals surface area contributed by atoms with E-state index in [1.165, 1.54) is 19.0 Å². The Labute approximate surface area is 321 Å². The molecule has 1 saturated heterocycles. The molecule has 1 N–H and O–H groups in total. The number of nitrogens with zero attached hydrogens (tertiary/aromatic N) is 2. The molecular weight excluding hydrogens is 724 g/mol. The van der Waals surface area contributed by atoms with Crippen LogP contribution in [0.15, 0.2) is 29.8 Å². The van der Waals surface area contributed by atoms with Gasteiger partial charge in [0.2, 0.25) is 11.6 Å². The van der Waals surface area contributed by atoms with Crippen molar-refractivity contribution in [2.75, 3.05) is 12.1 Å². The number of hydrogen-bond donors (Lipinski definition) is 1. The third-order valence-corrected chi connectivity index (χ3v) is 12.2. The Balaban J connectivity index is 1.73. The van der Waals surface area contributed by atoms with Gasteiger partial charge in [-0.2, -0.15) is 0 Å². The third-order valence-electron chi connectivity index (χ3n) is 11.9. The van der Waals surface area contributed by atoms with Crippen molar-refractivity contribution in [1.82, 2.24) is 0 Å². The number of hydrogen-bond acceptors (Lipinski definition) is 13. The van der Waals surface area contributed by atoms with Crippen LogP contribution in [0.25, 0.3) is 0 Å². The van der Waals surface area contributed by atoms with Gasteiger partial charge in [0.1, 0.15) is 17.5 Å². The summed E-state index contributed by atoms with van der Waals surface area (Å²) < 4.78 is 22.6. The van der Waals surface area contributed by atoms with Crippen LogP contribution in [0.4, 0.5) is 15.3 Å². The number of halogens is 1. The molecule has 0 aromatic heterocycles. The zero-order valence-corrected chi connectivity index (χ0v) is 33.6. The predicted octanol–water partition coefficient (Wildman–Crippen LogP) is 4.96. The molecule has 54 heavy (non-hydrogen) atoms. The molecule has 11 atom stereocenters. The van der Waals surface area contributed by atoms with E-state index in [1.807, 2.05) is 0 Å². The van der Waals surface area contributed by atoms with E-state index < -0.39 is 99.7 Å². The minimum absolute atomic E-state index is 0.196. The van der Waals surface area contributed by atoms with Crippen LogP contribution in [-0.4, -0.2) is 88.3 Å². The number of ether oxygens (including phenoxy) is 4. The van der Waals surface area contributed by atoms with Gasteiger partial charge in [-0.25, -0.2) is 24.0 Å². The molecule has 2 heterocycles. The minimum Gasteiger partial charge on any atom is -0.498 e. The van der Waals surface area contributed by atoms with Gasteiger partial charge in [-0.05, 0) is 84.8 Å². The van der Waals surface area contributed by atoms with Gasteiger partial charge in [-0.3, -0.25) is 4.79 Å². The number of esters is 2. The normalized spacial score (nSPS) is 35.3. The lowest BCUT2D eigenvalue weighted by atomic mass is 9.56. The molecule has 2 aliphatic heterocycles. The number of rotatable bonds is 6. The largest absolute Gasteiger partial charge is 0.510 e. The first-order chi connectivity index (χ1) is 24.9. The average molecular weight is 777 g/mol. The molecule has 0 radical (unpaired) electrons. The summed E-state index contributed by atoms with van der Waals surface area (Å²) >= 11 is 6.68. The molecule has 0 spiro atoms. The zero-order chi connectivity index (χ0) is 40.5. The highest BCUT2D eigenvalue weighted by molar-refractivity contribution is 6.33. The quantitative estimate of drug-likeness (QED) is 0.135. The van der Waals surface area contributed by atoms with Crippen LogP contribution in [0.5, 0.6) is 0 Å². The summed E-state index contributed by atoms with van der Waals surface area (Å²) in [7, 11) is 1.51. The van der Waals surface area contributed by atoms with E-state index >= 15 is 4.79 Å². The summed E-state index contributed by atoms with van der Waals surface area (Å²) in [6, 6.07) is 3.08. The smallest absolute Gasteiger partial charge is 0.498 e. The monoisotopic (exact) mass is 776 g/mol. The van der Waals surface area contributed by atoms with Gasteiger partial charge < -0.3 is 38.7 Å². The fraction of sp³-hybridized carbons (Fsp3) is 0.667. The first-order valence-corrected chi connectivity index (χ1v) is 18.7. The molecule has 2 aliphatic carbocycles. The second kappa shape index (κ2) is 14.1. The lowest BCUT2D eigenvalue weighted by Gasteiger charge is -2.56. The Bertz CT molecular complexity index is 1740. The molecule has 298 valence electrons. The number of carbonyl (C=O) groups is 5. The lowest BCUT2D eigenvalue weighted by Crippen LogP contribution is -2.77. The number of anilines is 1. The number of likely N-dealkylation sites (tertiary alicyclic amines) is 1. The lowest BCUT2D eigenvalue weighted by molar-refractivity contribution is -0.967. The third kappa shape index (κ3) is 6.46. The Morgan fingerprint density at radius 3 is 2.33 bits per heavy atom. The predicted molar refractivity (Wildman–Crippen MR) is 192 cm³/mol. The molecule has 1 amide bonds. The van der Waals surface area contributed by atoms with Crippen molar-refractivity contribution >= 4 is 47.8 Å². The first-order valence-electron chi connectivity index (χ1n) is 18.3. The number of quaternary nitrogens is 1. The van der Waals surface area contributed by atoms with Crippen LogP contribution in [0.1, 0.15) is 94.1 Å². The molecule has 2 fully saturated rings. The highest BCUT2D eigenvalue weighted by atomic mass is 35.5. The SMILES string of the molecule is CC(=O)OC1C(C)=C[C@@H]2[C@H](C(C)C=O)CC[C@H](C)[C@]2(O)[C@H]1OC(=O)[C@@H]1C[C@@]2(OC(=O)OC(C)(C)C)c3cccc(Cl)c3N(C)O[C@H]2[N+]1(C(=O)[O-])C(C)(C)C. The van der Waals surface area contributed by atoms with Crippen LogP contribution in [-0.2, 0) is 43.8 Å². The number of benzene rings is 1. The maximum Gasteiger partial charge on any atom is 0.510 e. The Hall–Kier alpha value is -3.72. The molecule has 15 heteroatoms. The van der Waals surface area contributed by atoms with Gasteiger partial charge in [0, 0.05) is 31.4 Å². The van der Waals surface area contributed by atoms with E-state index in [0.717, 1.165) is 6.29 Å². The van der Waals surface area contributed by atoms with E-state index in [9.17, 15) is 29.4 Å². The Morgan fingerprint density at radius 1 is 1.13 bits per heavy atom. The summed E-state index contributed by atoms with van der Waals surface area (Å²) in [4.78, 5) is 73.7. The van der Waals surface area contributed by atoms with E-state index in [4.69, 9.17) is 35.4 Å². The molecular formula is C39H53ClN2O12. The van der Waals surface area contributed by atoms with Crippen molar-refractivity contribution in [3.8, 4) is 0 Å². The van der Waals surface area contributed by atoms with E-state index in [-0.39, 0.29) is 22.2 Å². The van der Waals surface area contributed by atoms with Gasteiger partial charge in [-0.1, -0.05) is 43.7 Å². The fourth-order valence-electron chi connectivity index (χ4n) is 9.43. The van der Waals surface area contributed by atoms with Crippen molar-refractivity contribution in [3.05, 3.63) is 40.4 Å². The molecule has 14 nitrogen and oxygen atoms in total. The first kappa shape index (κ1) is 41.4. The van der Waals surface area contributed by atoms with Crippen molar-refractivity contribution in [1.29, 1.82) is 0 Å². The number of aliphatic hydroxyl groups is 1.